The quantitative estimate of drug-likeness (QED) is 0.821. The van der Waals surface area contributed by atoms with Crippen LogP contribution < -0.4 is 5.73 Å². The van der Waals surface area contributed by atoms with E-state index in [1.807, 2.05) is 0 Å². The third-order valence-electron chi connectivity index (χ3n) is 3.84. The zero-order chi connectivity index (χ0) is 14.9. The van der Waals surface area contributed by atoms with E-state index in [9.17, 15) is 14.7 Å². The van der Waals surface area contributed by atoms with Crippen LogP contribution in [-0.4, -0.2) is 34.0 Å². The maximum Gasteiger partial charge on any atom is 0.329 e. The van der Waals surface area contributed by atoms with Crippen molar-refractivity contribution in [1.29, 1.82) is 0 Å². The molecule has 1 fully saturated rings. The van der Waals surface area contributed by atoms with Crippen molar-refractivity contribution in [2.45, 2.75) is 31.7 Å². The van der Waals surface area contributed by atoms with Crippen molar-refractivity contribution in [3.8, 4) is 0 Å². The lowest BCUT2D eigenvalue weighted by Crippen LogP contribution is -2.57. The minimum absolute atomic E-state index is 0.312. The standard InChI is InChI=1S/C14H17ClN2O3/c1-14(13(19)20)6-2-3-7-17(14)12(18)9-4-5-10(15)11(16)8-9/h4-5,8H,2-3,6-7,16H2,1H3,(H,19,20). The zero-order valence-electron chi connectivity index (χ0n) is 11.2. The molecule has 0 spiro atoms. The van der Waals surface area contributed by atoms with Crippen molar-refractivity contribution in [1.82, 2.24) is 4.90 Å². The molecule has 1 heterocycles. The van der Waals surface area contributed by atoms with E-state index in [0.29, 0.717) is 29.2 Å². The largest absolute Gasteiger partial charge is 0.480 e. The fraction of sp³-hybridized carbons (Fsp3) is 0.429. The van der Waals surface area contributed by atoms with Crippen LogP contribution in [0.3, 0.4) is 0 Å². The summed E-state index contributed by atoms with van der Waals surface area (Å²) >= 11 is 5.83. The van der Waals surface area contributed by atoms with E-state index in [-0.39, 0.29) is 5.91 Å². The first kappa shape index (κ1) is 14.7. The predicted octanol–water partition coefficient (Wildman–Crippen LogP) is 2.39. The van der Waals surface area contributed by atoms with Crippen LogP contribution in [0.1, 0.15) is 36.5 Å². The normalized spacial score (nSPS) is 22.6. The third kappa shape index (κ3) is 2.45. The average molecular weight is 297 g/mol. The van der Waals surface area contributed by atoms with E-state index < -0.39 is 11.5 Å². The Morgan fingerprint density at radius 3 is 2.70 bits per heavy atom. The van der Waals surface area contributed by atoms with Gasteiger partial charge in [0.05, 0.1) is 10.7 Å². The number of likely N-dealkylation sites (tertiary alicyclic amines) is 1. The Balaban J connectivity index is 2.35. The minimum atomic E-state index is -1.16. The zero-order valence-corrected chi connectivity index (χ0v) is 12.0. The first-order valence-electron chi connectivity index (χ1n) is 6.46. The highest BCUT2D eigenvalue weighted by atomic mass is 35.5. The smallest absolute Gasteiger partial charge is 0.329 e. The number of nitrogens with zero attached hydrogens (tertiary/aromatic N) is 1. The van der Waals surface area contributed by atoms with Crippen molar-refractivity contribution < 1.29 is 14.7 Å². The van der Waals surface area contributed by atoms with Crippen LogP contribution in [0.15, 0.2) is 18.2 Å². The molecule has 1 unspecified atom stereocenters. The molecule has 1 aromatic rings. The Morgan fingerprint density at radius 1 is 1.40 bits per heavy atom. The van der Waals surface area contributed by atoms with Crippen molar-refractivity contribution in [2.24, 2.45) is 0 Å². The predicted molar refractivity (Wildman–Crippen MR) is 76.8 cm³/mol. The summed E-state index contributed by atoms with van der Waals surface area (Å²) in [5.74, 6) is -1.30. The van der Waals surface area contributed by atoms with Gasteiger partial charge in [-0.3, -0.25) is 4.79 Å². The number of amides is 1. The number of carbonyl (C=O) groups excluding carboxylic acids is 1. The molecule has 3 N–H and O–H groups in total. The van der Waals surface area contributed by atoms with Crippen LogP contribution in [-0.2, 0) is 4.79 Å². The number of benzene rings is 1. The Morgan fingerprint density at radius 2 is 2.10 bits per heavy atom. The van der Waals surface area contributed by atoms with Crippen LogP contribution >= 0.6 is 11.6 Å². The van der Waals surface area contributed by atoms with Gasteiger partial charge in [0.1, 0.15) is 5.54 Å². The number of carbonyl (C=O) groups is 2. The summed E-state index contributed by atoms with van der Waals surface area (Å²) in [5.41, 5.74) is 5.21. The molecule has 0 aliphatic carbocycles. The number of carboxylic acids is 1. The lowest BCUT2D eigenvalue weighted by molar-refractivity contribution is -0.150. The van der Waals surface area contributed by atoms with E-state index in [1.165, 1.54) is 11.0 Å². The van der Waals surface area contributed by atoms with Gasteiger partial charge in [-0.2, -0.15) is 0 Å². The van der Waals surface area contributed by atoms with E-state index in [0.717, 1.165) is 12.8 Å². The lowest BCUT2D eigenvalue weighted by atomic mass is 9.88. The van der Waals surface area contributed by atoms with Crippen molar-refractivity contribution in [3.63, 3.8) is 0 Å². The fourth-order valence-electron chi connectivity index (χ4n) is 2.50. The molecule has 5 nitrogen and oxygen atoms in total. The van der Waals surface area contributed by atoms with Crippen LogP contribution in [0.5, 0.6) is 0 Å². The number of hydrogen-bond acceptors (Lipinski definition) is 3. The molecule has 1 atom stereocenters. The maximum atomic E-state index is 12.5. The monoisotopic (exact) mass is 296 g/mol. The number of carboxylic acid groups (broad SMARTS) is 1. The summed E-state index contributed by atoms with van der Waals surface area (Å²) in [4.78, 5) is 25.5. The summed E-state index contributed by atoms with van der Waals surface area (Å²) in [6, 6.07) is 4.60. The maximum absolute atomic E-state index is 12.5. The average Bonchev–Trinajstić information content (AvgIpc) is 2.41. The molecule has 1 aliphatic heterocycles. The number of aliphatic carboxylic acids is 1. The number of rotatable bonds is 2. The van der Waals surface area contributed by atoms with Gasteiger partial charge in [0.2, 0.25) is 0 Å². The molecule has 1 amide bonds. The van der Waals surface area contributed by atoms with Gasteiger partial charge in [0.25, 0.3) is 5.91 Å². The highest BCUT2D eigenvalue weighted by molar-refractivity contribution is 6.33. The Labute approximate surface area is 122 Å². The van der Waals surface area contributed by atoms with Gasteiger partial charge in [-0.1, -0.05) is 11.6 Å². The molecule has 1 saturated heterocycles. The summed E-state index contributed by atoms with van der Waals surface area (Å²) in [6.07, 6.45) is 2.06. The van der Waals surface area contributed by atoms with Gasteiger partial charge in [0.15, 0.2) is 0 Å². The molecule has 1 aromatic carbocycles. The molecule has 2 rings (SSSR count). The number of hydrogen-bond donors (Lipinski definition) is 2. The van der Waals surface area contributed by atoms with Crippen LogP contribution in [0.2, 0.25) is 5.02 Å². The number of nitrogens with two attached hydrogens (primary N) is 1. The summed E-state index contributed by atoms with van der Waals surface area (Å²) in [7, 11) is 0. The minimum Gasteiger partial charge on any atom is -0.480 e. The summed E-state index contributed by atoms with van der Waals surface area (Å²) in [5, 5.41) is 9.80. The highest BCUT2D eigenvalue weighted by Gasteiger charge is 2.44. The van der Waals surface area contributed by atoms with Crippen molar-refractivity contribution >= 4 is 29.2 Å². The first-order chi connectivity index (χ1) is 9.36. The van der Waals surface area contributed by atoms with Gasteiger partial charge >= 0.3 is 5.97 Å². The second-order valence-electron chi connectivity index (χ2n) is 5.23. The number of halogens is 1. The number of anilines is 1. The molecule has 6 heteroatoms. The highest BCUT2D eigenvalue weighted by Crippen LogP contribution is 2.30. The van der Waals surface area contributed by atoms with Crippen molar-refractivity contribution in [3.05, 3.63) is 28.8 Å². The summed E-state index contributed by atoms with van der Waals surface area (Å²) < 4.78 is 0. The van der Waals surface area contributed by atoms with E-state index in [1.54, 1.807) is 19.1 Å². The molecule has 1 aliphatic rings. The molecule has 0 saturated carbocycles. The topological polar surface area (TPSA) is 83.6 Å². The van der Waals surface area contributed by atoms with E-state index in [2.05, 4.69) is 0 Å². The second-order valence-corrected chi connectivity index (χ2v) is 5.64. The Kier molecular flexibility index (Phi) is 3.90. The third-order valence-corrected chi connectivity index (χ3v) is 4.18. The van der Waals surface area contributed by atoms with Gasteiger partial charge in [-0.15, -0.1) is 0 Å². The molecule has 108 valence electrons. The van der Waals surface area contributed by atoms with Gasteiger partial charge in [0, 0.05) is 12.1 Å². The van der Waals surface area contributed by atoms with Crippen LogP contribution in [0.25, 0.3) is 0 Å². The number of nitrogen functional groups attached to an aromatic ring is 1. The second kappa shape index (κ2) is 5.32. The van der Waals surface area contributed by atoms with Gasteiger partial charge < -0.3 is 15.7 Å². The first-order valence-corrected chi connectivity index (χ1v) is 6.84. The molecule has 20 heavy (non-hydrogen) atoms. The Bertz CT molecular complexity index is 561. The molecule has 0 aromatic heterocycles. The van der Waals surface area contributed by atoms with Gasteiger partial charge in [-0.25, -0.2) is 4.79 Å². The van der Waals surface area contributed by atoms with E-state index in [4.69, 9.17) is 17.3 Å². The van der Waals surface area contributed by atoms with Crippen LogP contribution in [0.4, 0.5) is 5.69 Å². The lowest BCUT2D eigenvalue weighted by Gasteiger charge is -2.41. The molecule has 0 radical (unpaired) electrons. The Hall–Kier alpha value is -1.75. The van der Waals surface area contributed by atoms with E-state index >= 15 is 0 Å². The molecule has 0 bridgehead atoms. The molecular weight excluding hydrogens is 280 g/mol. The van der Waals surface area contributed by atoms with Crippen molar-refractivity contribution in [2.75, 3.05) is 12.3 Å². The summed E-state index contributed by atoms with van der Waals surface area (Å²) in [6.45, 7) is 2.02. The van der Waals surface area contributed by atoms with Gasteiger partial charge in [-0.05, 0) is 44.4 Å². The molecular formula is C14H17ClN2O3. The SMILES string of the molecule is CC1(C(=O)O)CCCCN1C(=O)c1ccc(Cl)c(N)c1. The fourth-order valence-corrected chi connectivity index (χ4v) is 2.62. The number of piperidine rings is 1. The van der Waals surface area contributed by atoms with Crippen LogP contribution in [0, 0.1) is 0 Å².